The number of halogens is 1. The Morgan fingerprint density at radius 2 is 1.87 bits per heavy atom. The molecule has 0 saturated carbocycles. The van der Waals surface area contributed by atoms with E-state index in [2.05, 4.69) is 42.2 Å². The highest BCUT2D eigenvalue weighted by molar-refractivity contribution is 6.72. The number of pyridine rings is 2. The molecule has 0 aliphatic heterocycles. The third-order valence-corrected chi connectivity index (χ3v) is 10.3. The molecule has 5 nitrogen and oxygen atoms in total. The fourth-order valence-corrected chi connectivity index (χ4v) is 4.36. The van der Waals surface area contributed by atoms with Gasteiger partial charge in [-0.2, -0.15) is 0 Å². The molecular weight excluding hydrogens is 414 g/mol. The summed E-state index contributed by atoms with van der Waals surface area (Å²) in [6.45, 7) is 12.6. The van der Waals surface area contributed by atoms with Crippen molar-refractivity contribution in [2.45, 2.75) is 64.2 Å². The Balaban J connectivity index is 2.02. The predicted octanol–water partition coefficient (Wildman–Crippen LogP) is 5.81. The average Bonchev–Trinajstić information content (AvgIpc) is 3.06. The smallest absolute Gasteiger partial charge is 0.213 e. The molecule has 160 valence electrons. The summed E-state index contributed by atoms with van der Waals surface area (Å²) in [5, 5.41) is 1.17. The van der Waals surface area contributed by atoms with Crippen molar-refractivity contribution < 1.29 is 9.59 Å². The summed E-state index contributed by atoms with van der Waals surface area (Å²) >= 11 is 6.07. The van der Waals surface area contributed by atoms with Gasteiger partial charge in [-0.15, -0.1) is 0 Å². The minimum atomic E-state index is -2.30. The Hall–Kier alpha value is -2.02. The molecule has 0 spiro atoms. The number of carbonyl (C=O) groups excluding carboxylic acids is 1. The van der Waals surface area contributed by atoms with Gasteiger partial charge in [0.15, 0.2) is 8.32 Å². The lowest BCUT2D eigenvalue weighted by atomic mass is 9.93. The molecule has 0 aromatic carbocycles. The van der Waals surface area contributed by atoms with Gasteiger partial charge in [-0.25, -0.2) is 0 Å². The topological polar surface area (TPSA) is 68.0 Å². The maximum Gasteiger partial charge on any atom is 0.213 e. The van der Waals surface area contributed by atoms with Gasteiger partial charge in [0.05, 0.1) is 11.1 Å². The van der Waals surface area contributed by atoms with E-state index in [9.17, 15) is 9.59 Å². The van der Waals surface area contributed by atoms with Gasteiger partial charge in [-0.05, 0) is 63.0 Å². The van der Waals surface area contributed by atoms with E-state index in [1.54, 1.807) is 30.7 Å². The van der Waals surface area contributed by atoms with E-state index in [0.717, 1.165) is 23.7 Å². The highest BCUT2D eigenvalue weighted by Crippen LogP contribution is 2.43. The molecule has 3 aromatic rings. The Bertz CT molecular complexity index is 1080. The minimum Gasteiger partial charge on any atom is -0.432 e. The fourth-order valence-electron chi connectivity index (χ4n) is 3.47. The largest absolute Gasteiger partial charge is 0.432 e. The zero-order valence-electron chi connectivity index (χ0n) is 18.5. The second kappa shape index (κ2) is 7.91. The van der Waals surface area contributed by atoms with Crippen LogP contribution in [-0.4, -0.2) is 33.4 Å². The van der Waals surface area contributed by atoms with Crippen LogP contribution in [0.1, 0.15) is 56.6 Å². The van der Waals surface area contributed by atoms with E-state index in [-0.39, 0.29) is 16.4 Å². The van der Waals surface area contributed by atoms with Gasteiger partial charge in [0, 0.05) is 40.7 Å². The van der Waals surface area contributed by atoms with Crippen molar-refractivity contribution in [1.82, 2.24) is 14.5 Å². The maximum absolute atomic E-state index is 13.2. The van der Waals surface area contributed by atoms with Crippen molar-refractivity contribution in [3.8, 4) is 0 Å². The molecule has 0 atom stereocenters. The SMILES string of the molecule is CC(C)(CCC(C)(C)[Si](C)(C)O)n1cc(C(=O)c2cc(Cl)ccn2)c2cnccc21. The first kappa shape index (κ1) is 22.7. The van der Waals surface area contributed by atoms with Gasteiger partial charge in [-0.1, -0.05) is 25.4 Å². The quantitative estimate of drug-likeness (QED) is 0.369. The number of rotatable bonds is 7. The normalized spacial score (nSPS) is 13.1. The van der Waals surface area contributed by atoms with Crippen LogP contribution in [0.4, 0.5) is 0 Å². The fraction of sp³-hybridized carbons (Fsp3) is 0.435. The number of fused-ring (bicyclic) bond motifs is 1. The molecule has 0 aliphatic rings. The van der Waals surface area contributed by atoms with Crippen molar-refractivity contribution in [3.63, 3.8) is 0 Å². The Labute approximate surface area is 184 Å². The molecule has 0 radical (unpaired) electrons. The van der Waals surface area contributed by atoms with Crippen molar-refractivity contribution in [2.24, 2.45) is 0 Å². The third-order valence-electron chi connectivity index (χ3n) is 6.48. The highest BCUT2D eigenvalue weighted by atomic mass is 35.5. The van der Waals surface area contributed by atoms with Crippen LogP contribution >= 0.6 is 11.6 Å². The molecule has 0 bridgehead atoms. The molecule has 7 heteroatoms. The van der Waals surface area contributed by atoms with Crippen LogP contribution in [0.25, 0.3) is 10.9 Å². The number of hydrogen-bond acceptors (Lipinski definition) is 4. The van der Waals surface area contributed by atoms with E-state index >= 15 is 0 Å². The average molecular weight is 444 g/mol. The van der Waals surface area contributed by atoms with Crippen LogP contribution in [0.2, 0.25) is 23.2 Å². The summed E-state index contributed by atoms with van der Waals surface area (Å²) in [4.78, 5) is 32.3. The molecule has 0 amide bonds. The van der Waals surface area contributed by atoms with Crippen LogP contribution in [0.15, 0.2) is 43.0 Å². The van der Waals surface area contributed by atoms with E-state index in [0.29, 0.717) is 16.3 Å². The van der Waals surface area contributed by atoms with Gasteiger partial charge in [0.25, 0.3) is 0 Å². The second-order valence-corrected chi connectivity index (χ2v) is 14.7. The van der Waals surface area contributed by atoms with Crippen LogP contribution in [0.5, 0.6) is 0 Å². The lowest BCUT2D eigenvalue weighted by molar-refractivity contribution is 0.103. The number of carbonyl (C=O) groups is 1. The van der Waals surface area contributed by atoms with E-state index in [1.165, 1.54) is 0 Å². The summed E-state index contributed by atoms with van der Waals surface area (Å²) in [6, 6.07) is 5.18. The van der Waals surface area contributed by atoms with E-state index < -0.39 is 8.32 Å². The Morgan fingerprint density at radius 1 is 1.17 bits per heavy atom. The Morgan fingerprint density at radius 3 is 2.50 bits per heavy atom. The van der Waals surface area contributed by atoms with Crippen LogP contribution in [-0.2, 0) is 5.54 Å². The summed E-state index contributed by atoms with van der Waals surface area (Å²) < 4.78 is 2.16. The lowest BCUT2D eigenvalue weighted by Crippen LogP contribution is -2.40. The van der Waals surface area contributed by atoms with E-state index in [1.807, 2.05) is 25.4 Å². The van der Waals surface area contributed by atoms with Crippen molar-refractivity contribution in [2.75, 3.05) is 0 Å². The van der Waals surface area contributed by atoms with Crippen LogP contribution < -0.4 is 0 Å². The van der Waals surface area contributed by atoms with Gasteiger partial charge in [0.2, 0.25) is 5.78 Å². The molecule has 0 unspecified atom stereocenters. The van der Waals surface area contributed by atoms with Gasteiger partial charge in [-0.3, -0.25) is 14.8 Å². The first-order chi connectivity index (χ1) is 13.8. The maximum atomic E-state index is 13.2. The summed E-state index contributed by atoms with van der Waals surface area (Å²) in [5.41, 5.74) is 1.59. The van der Waals surface area contributed by atoms with Gasteiger partial charge in [0.1, 0.15) is 5.69 Å². The molecule has 1 N–H and O–H groups in total. The highest BCUT2D eigenvalue weighted by Gasteiger charge is 2.39. The summed E-state index contributed by atoms with van der Waals surface area (Å²) in [7, 11) is -2.30. The third kappa shape index (κ3) is 4.36. The number of hydrogen-bond donors (Lipinski definition) is 1. The van der Waals surface area contributed by atoms with Gasteiger partial charge >= 0.3 is 0 Å². The lowest BCUT2D eigenvalue weighted by Gasteiger charge is -2.38. The summed E-state index contributed by atoms with van der Waals surface area (Å²) in [6.07, 6.45) is 8.68. The molecule has 0 aliphatic carbocycles. The number of aromatic nitrogens is 3. The van der Waals surface area contributed by atoms with Crippen molar-refractivity contribution in [1.29, 1.82) is 0 Å². The zero-order valence-corrected chi connectivity index (χ0v) is 20.3. The number of ketones is 1. The second-order valence-electron chi connectivity index (χ2n) is 9.75. The molecule has 3 aromatic heterocycles. The van der Waals surface area contributed by atoms with Crippen LogP contribution in [0, 0.1) is 0 Å². The molecular formula is C23H30ClN3O2Si. The first-order valence-electron chi connectivity index (χ1n) is 10.2. The zero-order chi connectivity index (χ0) is 22.3. The van der Waals surface area contributed by atoms with Crippen molar-refractivity contribution >= 4 is 36.6 Å². The molecule has 3 rings (SSSR count). The molecule has 0 fully saturated rings. The predicted molar refractivity (Wildman–Crippen MR) is 125 cm³/mol. The number of nitrogens with zero attached hydrogens (tertiary/aromatic N) is 3. The molecule has 0 saturated heterocycles. The van der Waals surface area contributed by atoms with Crippen molar-refractivity contribution in [3.05, 3.63) is 59.3 Å². The minimum absolute atomic E-state index is 0.113. The Kier molecular flexibility index (Phi) is 5.97. The standard InChI is InChI=1S/C23H30ClN3O2Si/c1-22(2,9-10-23(3,4)30(5,6)29)27-15-18(17-14-25-11-8-20(17)27)21(28)19-13-16(24)7-12-26-19/h7-8,11-15,29H,9-10H2,1-6H3. The van der Waals surface area contributed by atoms with E-state index in [4.69, 9.17) is 11.6 Å². The first-order valence-corrected chi connectivity index (χ1v) is 13.5. The molecule has 30 heavy (non-hydrogen) atoms. The monoisotopic (exact) mass is 443 g/mol. The summed E-state index contributed by atoms with van der Waals surface area (Å²) in [5.74, 6) is -0.172. The molecule has 3 heterocycles. The van der Waals surface area contributed by atoms with Gasteiger partial charge < -0.3 is 9.36 Å². The van der Waals surface area contributed by atoms with Crippen LogP contribution in [0.3, 0.4) is 0 Å².